The molecule has 0 aliphatic carbocycles. The van der Waals surface area contributed by atoms with Crippen LogP contribution in [0, 0.1) is 5.92 Å². The molecule has 1 aliphatic heterocycles. The molecule has 1 saturated heterocycles. The van der Waals surface area contributed by atoms with Gasteiger partial charge in [0.1, 0.15) is 12.7 Å². The maximum atomic E-state index is 12.1. The third-order valence-corrected chi connectivity index (χ3v) is 4.00. The number of hydrogen-bond donors (Lipinski definition) is 1. The number of piperidine rings is 1. The molecule has 0 unspecified atom stereocenters. The smallest absolute Gasteiger partial charge is 0.359 e. The fraction of sp³-hybridized carbons (Fsp3) is 0.917. The normalized spacial score (nSPS) is 21.7. The largest absolute Gasteiger partial charge is 0.411 e. The predicted molar refractivity (Wildman–Crippen MR) is 73.6 cm³/mol. The summed E-state index contributed by atoms with van der Waals surface area (Å²) in [6.07, 6.45) is -3.18. The first-order valence-corrected chi connectivity index (χ1v) is 8.79. The van der Waals surface area contributed by atoms with Crippen LogP contribution < -0.4 is 4.72 Å². The van der Waals surface area contributed by atoms with Gasteiger partial charge in [-0.05, 0) is 25.7 Å². The SMILES string of the molecule is C[C@@H](OCC(F)(F)F)C(=O)N1CCC[C@@H](CNS(C)(=O)=O)C1. The quantitative estimate of drug-likeness (QED) is 0.770. The van der Waals surface area contributed by atoms with E-state index in [9.17, 15) is 26.4 Å². The van der Waals surface area contributed by atoms with E-state index in [-0.39, 0.29) is 12.5 Å². The molecule has 0 spiro atoms. The second-order valence-electron chi connectivity index (χ2n) is 5.48. The number of hydrogen-bond acceptors (Lipinski definition) is 4. The fourth-order valence-electron chi connectivity index (χ4n) is 2.25. The maximum Gasteiger partial charge on any atom is 0.411 e. The standard InChI is InChI=1S/C12H21F3N2O4S/c1-9(21-8-12(13,14)15)11(18)17-5-3-4-10(7-17)6-16-22(2,19)20/h9-10,16H,3-8H2,1-2H3/t9-,10+/m1/s1. The molecule has 1 rings (SSSR count). The Morgan fingerprint density at radius 1 is 1.45 bits per heavy atom. The molecule has 1 fully saturated rings. The van der Waals surface area contributed by atoms with Gasteiger partial charge in [0.15, 0.2) is 0 Å². The Balaban J connectivity index is 2.48. The van der Waals surface area contributed by atoms with Crippen LogP contribution in [-0.4, -0.2) is 64.0 Å². The number of carbonyl (C=O) groups is 1. The van der Waals surface area contributed by atoms with E-state index in [1.165, 1.54) is 11.8 Å². The van der Waals surface area contributed by atoms with Gasteiger partial charge in [0.25, 0.3) is 5.91 Å². The van der Waals surface area contributed by atoms with Crippen LogP contribution in [0.1, 0.15) is 19.8 Å². The summed E-state index contributed by atoms with van der Waals surface area (Å²) < 4.78 is 65.3. The minimum Gasteiger partial charge on any atom is -0.359 e. The van der Waals surface area contributed by atoms with E-state index in [0.717, 1.165) is 12.7 Å². The van der Waals surface area contributed by atoms with Crippen molar-refractivity contribution in [3.63, 3.8) is 0 Å². The highest BCUT2D eigenvalue weighted by atomic mass is 32.2. The molecule has 0 aromatic carbocycles. The Morgan fingerprint density at radius 3 is 2.64 bits per heavy atom. The van der Waals surface area contributed by atoms with Gasteiger partial charge >= 0.3 is 6.18 Å². The summed E-state index contributed by atoms with van der Waals surface area (Å²) in [7, 11) is -3.31. The van der Waals surface area contributed by atoms with Crippen molar-refractivity contribution in [2.75, 3.05) is 32.5 Å². The van der Waals surface area contributed by atoms with Gasteiger partial charge in [-0.1, -0.05) is 0 Å². The van der Waals surface area contributed by atoms with Crippen LogP contribution in [0.15, 0.2) is 0 Å². The maximum absolute atomic E-state index is 12.1. The zero-order valence-corrected chi connectivity index (χ0v) is 13.3. The first-order valence-electron chi connectivity index (χ1n) is 6.90. The Morgan fingerprint density at radius 2 is 2.09 bits per heavy atom. The highest BCUT2D eigenvalue weighted by Gasteiger charge is 2.32. The molecule has 0 bridgehead atoms. The molecular formula is C12H21F3N2O4S. The molecule has 0 aromatic heterocycles. The van der Waals surface area contributed by atoms with E-state index in [2.05, 4.69) is 9.46 Å². The summed E-state index contributed by atoms with van der Waals surface area (Å²) in [6, 6.07) is 0. The third kappa shape index (κ3) is 7.41. The highest BCUT2D eigenvalue weighted by Crippen LogP contribution is 2.19. The molecule has 1 aliphatic rings. The lowest BCUT2D eigenvalue weighted by Crippen LogP contribution is -2.47. The summed E-state index contributed by atoms with van der Waals surface area (Å²) >= 11 is 0. The van der Waals surface area contributed by atoms with Crippen molar-refractivity contribution in [3.05, 3.63) is 0 Å². The predicted octanol–water partition coefficient (Wildman–Crippen LogP) is 0.742. The van der Waals surface area contributed by atoms with Crippen LogP contribution in [-0.2, 0) is 19.6 Å². The number of halogens is 3. The Kier molecular flexibility index (Phi) is 6.63. The van der Waals surface area contributed by atoms with Gasteiger partial charge in [0.05, 0.1) is 6.26 Å². The van der Waals surface area contributed by atoms with Gasteiger partial charge in [0.2, 0.25) is 10.0 Å². The Labute approximate surface area is 128 Å². The zero-order chi connectivity index (χ0) is 17.0. The summed E-state index contributed by atoms with van der Waals surface area (Å²) in [6.45, 7) is 0.772. The molecule has 1 heterocycles. The van der Waals surface area contributed by atoms with Crippen LogP contribution in [0.4, 0.5) is 13.2 Å². The Hall–Kier alpha value is -0.870. The van der Waals surface area contributed by atoms with E-state index < -0.39 is 34.8 Å². The molecule has 2 atom stereocenters. The van der Waals surface area contributed by atoms with Crippen molar-refractivity contribution in [2.24, 2.45) is 5.92 Å². The number of nitrogens with zero attached hydrogens (tertiary/aromatic N) is 1. The topological polar surface area (TPSA) is 75.7 Å². The average molecular weight is 346 g/mol. The number of sulfonamides is 1. The first-order chi connectivity index (χ1) is 9.98. The summed E-state index contributed by atoms with van der Waals surface area (Å²) in [5, 5.41) is 0. The number of amides is 1. The van der Waals surface area contributed by atoms with E-state index in [0.29, 0.717) is 19.5 Å². The van der Waals surface area contributed by atoms with E-state index in [4.69, 9.17) is 0 Å². The average Bonchev–Trinajstić information content (AvgIpc) is 2.40. The van der Waals surface area contributed by atoms with E-state index in [1.807, 2.05) is 0 Å². The van der Waals surface area contributed by atoms with Crippen LogP contribution >= 0.6 is 0 Å². The fourth-order valence-corrected chi connectivity index (χ4v) is 2.79. The molecule has 22 heavy (non-hydrogen) atoms. The van der Waals surface area contributed by atoms with Crippen molar-refractivity contribution in [1.82, 2.24) is 9.62 Å². The summed E-state index contributed by atoms with van der Waals surface area (Å²) in [4.78, 5) is 13.5. The van der Waals surface area contributed by atoms with Gasteiger partial charge in [0, 0.05) is 19.6 Å². The number of ether oxygens (including phenoxy) is 1. The van der Waals surface area contributed by atoms with Crippen molar-refractivity contribution in [3.8, 4) is 0 Å². The van der Waals surface area contributed by atoms with Crippen LogP contribution in [0.3, 0.4) is 0 Å². The van der Waals surface area contributed by atoms with Gasteiger partial charge in [-0.3, -0.25) is 4.79 Å². The summed E-state index contributed by atoms with van der Waals surface area (Å²) in [5.74, 6) is -0.560. The second-order valence-corrected chi connectivity index (χ2v) is 7.31. The molecule has 0 saturated carbocycles. The van der Waals surface area contributed by atoms with Gasteiger partial charge in [-0.25, -0.2) is 13.1 Å². The molecule has 10 heteroatoms. The molecule has 0 aromatic rings. The molecule has 1 N–H and O–H groups in total. The van der Waals surface area contributed by atoms with Gasteiger partial charge < -0.3 is 9.64 Å². The molecule has 130 valence electrons. The van der Waals surface area contributed by atoms with E-state index >= 15 is 0 Å². The third-order valence-electron chi connectivity index (χ3n) is 3.31. The zero-order valence-electron chi connectivity index (χ0n) is 12.5. The monoisotopic (exact) mass is 346 g/mol. The van der Waals surface area contributed by atoms with Crippen molar-refractivity contribution >= 4 is 15.9 Å². The lowest BCUT2D eigenvalue weighted by atomic mass is 9.98. The van der Waals surface area contributed by atoms with E-state index in [1.54, 1.807) is 0 Å². The number of alkyl halides is 3. The van der Waals surface area contributed by atoms with Gasteiger partial charge in [-0.15, -0.1) is 0 Å². The number of rotatable bonds is 6. The van der Waals surface area contributed by atoms with Gasteiger partial charge in [-0.2, -0.15) is 13.2 Å². The molecular weight excluding hydrogens is 325 g/mol. The van der Waals surface area contributed by atoms with Crippen molar-refractivity contribution in [2.45, 2.75) is 32.0 Å². The highest BCUT2D eigenvalue weighted by molar-refractivity contribution is 7.88. The number of carbonyl (C=O) groups excluding carboxylic acids is 1. The molecule has 0 radical (unpaired) electrons. The Bertz CT molecular complexity index is 481. The van der Waals surface area contributed by atoms with Crippen LogP contribution in [0.25, 0.3) is 0 Å². The lowest BCUT2D eigenvalue weighted by Gasteiger charge is -2.34. The van der Waals surface area contributed by atoms with Crippen LogP contribution in [0.5, 0.6) is 0 Å². The lowest BCUT2D eigenvalue weighted by molar-refractivity contribution is -0.188. The number of likely N-dealkylation sites (tertiary alicyclic amines) is 1. The number of nitrogens with one attached hydrogen (secondary N) is 1. The molecule has 6 nitrogen and oxygen atoms in total. The molecule has 1 amide bonds. The van der Waals surface area contributed by atoms with Crippen molar-refractivity contribution in [1.29, 1.82) is 0 Å². The second kappa shape index (κ2) is 7.60. The van der Waals surface area contributed by atoms with Crippen LogP contribution in [0.2, 0.25) is 0 Å². The minimum absolute atomic E-state index is 0.0535. The summed E-state index contributed by atoms with van der Waals surface area (Å²) in [5.41, 5.74) is 0. The van der Waals surface area contributed by atoms with Crippen molar-refractivity contribution < 1.29 is 31.1 Å². The first kappa shape index (κ1) is 19.2. The minimum atomic E-state index is -4.47.